The van der Waals surface area contributed by atoms with Crippen molar-refractivity contribution < 1.29 is 9.18 Å². The molecule has 0 bridgehead atoms. The number of carbonyl (C=O) groups excluding carboxylic acids is 1. The zero-order valence-corrected chi connectivity index (χ0v) is 13.1. The molecule has 2 aromatic rings. The molecule has 0 amide bonds. The van der Waals surface area contributed by atoms with E-state index in [-0.39, 0.29) is 11.6 Å². The summed E-state index contributed by atoms with van der Waals surface area (Å²) in [5, 5.41) is 0. The minimum atomic E-state index is -0.315. The van der Waals surface area contributed by atoms with Gasteiger partial charge >= 0.3 is 0 Å². The lowest BCUT2D eigenvalue weighted by atomic mass is 10.1. The van der Waals surface area contributed by atoms with Crippen molar-refractivity contribution >= 4 is 5.78 Å². The van der Waals surface area contributed by atoms with Gasteiger partial charge in [0.2, 0.25) is 0 Å². The smallest absolute Gasteiger partial charge is 0.164 e. The SMILES string of the molecule is CC(C)N(CCC(=O)c1ccc(F)cc1)Cc1ccccc1. The Morgan fingerprint density at radius 1 is 1.05 bits per heavy atom. The molecule has 0 atom stereocenters. The second kappa shape index (κ2) is 7.85. The number of hydrogen-bond acceptors (Lipinski definition) is 2. The zero-order chi connectivity index (χ0) is 15.9. The van der Waals surface area contributed by atoms with E-state index in [9.17, 15) is 9.18 Å². The minimum absolute atomic E-state index is 0.0544. The average Bonchev–Trinajstić information content (AvgIpc) is 2.52. The first kappa shape index (κ1) is 16.4. The normalized spacial score (nSPS) is 11.1. The van der Waals surface area contributed by atoms with Gasteiger partial charge < -0.3 is 0 Å². The Kier molecular flexibility index (Phi) is 5.84. The maximum absolute atomic E-state index is 12.9. The summed E-state index contributed by atoms with van der Waals surface area (Å²) in [6, 6.07) is 16.4. The Balaban J connectivity index is 1.94. The van der Waals surface area contributed by atoms with Crippen molar-refractivity contribution in [1.82, 2.24) is 4.90 Å². The maximum atomic E-state index is 12.9. The van der Waals surface area contributed by atoms with E-state index in [1.807, 2.05) is 18.2 Å². The van der Waals surface area contributed by atoms with Gasteiger partial charge in [-0.1, -0.05) is 30.3 Å². The van der Waals surface area contributed by atoms with Crippen molar-refractivity contribution in [3.8, 4) is 0 Å². The van der Waals surface area contributed by atoms with Crippen molar-refractivity contribution in [2.45, 2.75) is 32.9 Å². The molecule has 0 heterocycles. The molecule has 0 aliphatic rings. The second-order valence-electron chi connectivity index (χ2n) is 5.73. The van der Waals surface area contributed by atoms with Crippen molar-refractivity contribution in [1.29, 1.82) is 0 Å². The molecular weight excluding hydrogens is 277 g/mol. The summed E-state index contributed by atoms with van der Waals surface area (Å²) >= 11 is 0. The summed E-state index contributed by atoms with van der Waals surface area (Å²) in [5.74, 6) is -0.261. The fraction of sp³-hybridized carbons (Fsp3) is 0.316. The molecule has 22 heavy (non-hydrogen) atoms. The second-order valence-corrected chi connectivity index (χ2v) is 5.73. The number of benzene rings is 2. The number of ketones is 1. The van der Waals surface area contributed by atoms with Crippen LogP contribution in [0.4, 0.5) is 4.39 Å². The standard InChI is InChI=1S/C19H22FNO/c1-15(2)21(14-16-6-4-3-5-7-16)13-12-19(22)17-8-10-18(20)11-9-17/h3-11,15H,12-14H2,1-2H3. The highest BCUT2D eigenvalue weighted by Gasteiger charge is 2.13. The molecule has 0 aromatic heterocycles. The summed E-state index contributed by atoms with van der Waals surface area (Å²) in [6.45, 7) is 5.79. The van der Waals surface area contributed by atoms with Crippen LogP contribution in [0.1, 0.15) is 36.2 Å². The number of carbonyl (C=O) groups is 1. The lowest BCUT2D eigenvalue weighted by Gasteiger charge is -2.26. The Morgan fingerprint density at radius 2 is 1.68 bits per heavy atom. The van der Waals surface area contributed by atoms with Crippen LogP contribution in [0.5, 0.6) is 0 Å². The summed E-state index contributed by atoms with van der Waals surface area (Å²) in [7, 11) is 0. The number of nitrogens with zero attached hydrogens (tertiary/aromatic N) is 1. The molecule has 0 spiro atoms. The molecule has 0 saturated carbocycles. The first-order valence-corrected chi connectivity index (χ1v) is 7.63. The summed E-state index contributed by atoms with van der Waals surface area (Å²) < 4.78 is 12.9. The van der Waals surface area contributed by atoms with E-state index in [0.717, 1.165) is 6.54 Å². The fourth-order valence-electron chi connectivity index (χ4n) is 2.36. The number of Topliss-reactive ketones (excluding diaryl/α,β-unsaturated/α-hetero) is 1. The molecule has 0 saturated heterocycles. The van der Waals surface area contributed by atoms with Crippen molar-refractivity contribution in [2.75, 3.05) is 6.54 Å². The quantitative estimate of drug-likeness (QED) is 0.710. The van der Waals surface area contributed by atoms with E-state index < -0.39 is 0 Å². The van der Waals surface area contributed by atoms with Crippen LogP contribution in [-0.2, 0) is 6.54 Å². The average molecular weight is 299 g/mol. The summed E-state index contributed by atoms with van der Waals surface area (Å²) in [4.78, 5) is 14.5. The van der Waals surface area contributed by atoms with Crippen LogP contribution in [0.2, 0.25) is 0 Å². The van der Waals surface area contributed by atoms with E-state index in [1.54, 1.807) is 12.1 Å². The number of halogens is 1. The lowest BCUT2D eigenvalue weighted by Crippen LogP contribution is -2.32. The first-order chi connectivity index (χ1) is 10.6. The van der Waals surface area contributed by atoms with Crippen LogP contribution < -0.4 is 0 Å². The highest BCUT2D eigenvalue weighted by molar-refractivity contribution is 5.96. The van der Waals surface area contributed by atoms with Crippen molar-refractivity contribution in [3.63, 3.8) is 0 Å². The summed E-state index contributed by atoms with van der Waals surface area (Å²) in [6.07, 6.45) is 0.441. The molecule has 116 valence electrons. The van der Waals surface area contributed by atoms with Crippen molar-refractivity contribution in [2.24, 2.45) is 0 Å². The van der Waals surface area contributed by atoms with Gasteiger partial charge in [-0.05, 0) is 43.7 Å². The van der Waals surface area contributed by atoms with Gasteiger partial charge in [-0.25, -0.2) is 4.39 Å². The number of rotatable bonds is 7. The third-order valence-corrected chi connectivity index (χ3v) is 3.75. The zero-order valence-electron chi connectivity index (χ0n) is 13.1. The third kappa shape index (κ3) is 4.78. The molecule has 2 nitrogen and oxygen atoms in total. The van der Waals surface area contributed by atoms with E-state index in [4.69, 9.17) is 0 Å². The highest BCUT2D eigenvalue weighted by atomic mass is 19.1. The van der Waals surface area contributed by atoms with Crippen LogP contribution in [0.3, 0.4) is 0 Å². The van der Waals surface area contributed by atoms with Gasteiger partial charge in [0.05, 0.1) is 0 Å². The van der Waals surface area contributed by atoms with Gasteiger partial charge in [-0.2, -0.15) is 0 Å². The van der Waals surface area contributed by atoms with Crippen LogP contribution in [0.25, 0.3) is 0 Å². The van der Waals surface area contributed by atoms with Crippen molar-refractivity contribution in [3.05, 3.63) is 71.5 Å². The minimum Gasteiger partial charge on any atom is -0.296 e. The van der Waals surface area contributed by atoms with E-state index in [2.05, 4.69) is 30.9 Å². The van der Waals surface area contributed by atoms with E-state index in [0.29, 0.717) is 24.6 Å². The Bertz CT molecular complexity index is 593. The molecule has 2 aromatic carbocycles. The van der Waals surface area contributed by atoms with Gasteiger partial charge in [0.1, 0.15) is 5.82 Å². The monoisotopic (exact) mass is 299 g/mol. The Labute approximate surface area is 131 Å². The molecule has 3 heteroatoms. The lowest BCUT2D eigenvalue weighted by molar-refractivity contribution is 0.0952. The topological polar surface area (TPSA) is 20.3 Å². The molecule has 0 radical (unpaired) electrons. The third-order valence-electron chi connectivity index (χ3n) is 3.75. The molecule has 0 unspecified atom stereocenters. The van der Waals surface area contributed by atoms with Gasteiger partial charge in [0.15, 0.2) is 5.78 Å². The van der Waals surface area contributed by atoms with E-state index >= 15 is 0 Å². The largest absolute Gasteiger partial charge is 0.296 e. The highest BCUT2D eigenvalue weighted by Crippen LogP contribution is 2.11. The van der Waals surface area contributed by atoms with E-state index in [1.165, 1.54) is 17.7 Å². The molecule has 0 fully saturated rings. The molecule has 0 N–H and O–H groups in total. The Morgan fingerprint density at radius 3 is 2.27 bits per heavy atom. The van der Waals surface area contributed by atoms with Crippen LogP contribution in [-0.4, -0.2) is 23.3 Å². The van der Waals surface area contributed by atoms with Gasteiger partial charge in [-0.3, -0.25) is 9.69 Å². The molecule has 0 aliphatic heterocycles. The van der Waals surface area contributed by atoms with Gasteiger partial charge in [-0.15, -0.1) is 0 Å². The number of hydrogen-bond donors (Lipinski definition) is 0. The molecule has 2 rings (SSSR count). The fourth-order valence-corrected chi connectivity index (χ4v) is 2.36. The Hall–Kier alpha value is -2.00. The predicted octanol–water partition coefficient (Wildman–Crippen LogP) is 4.31. The van der Waals surface area contributed by atoms with Crippen LogP contribution in [0.15, 0.2) is 54.6 Å². The van der Waals surface area contributed by atoms with Crippen LogP contribution >= 0.6 is 0 Å². The van der Waals surface area contributed by atoms with Gasteiger partial charge in [0.25, 0.3) is 0 Å². The molecular formula is C19H22FNO. The summed E-state index contributed by atoms with van der Waals surface area (Å²) in [5.41, 5.74) is 1.82. The maximum Gasteiger partial charge on any atom is 0.164 e. The first-order valence-electron chi connectivity index (χ1n) is 7.63. The van der Waals surface area contributed by atoms with Crippen LogP contribution in [0, 0.1) is 5.82 Å². The molecule has 0 aliphatic carbocycles. The predicted molar refractivity (Wildman–Crippen MR) is 87.3 cm³/mol. The van der Waals surface area contributed by atoms with Gasteiger partial charge in [0, 0.05) is 31.1 Å².